The molecule has 0 radical (unpaired) electrons. The molecule has 1 heterocycles. The van der Waals surface area contributed by atoms with Gasteiger partial charge < -0.3 is 5.32 Å². The fraction of sp³-hybridized carbons (Fsp3) is 0.118. The molecule has 3 amide bonds. The first-order valence-electron chi connectivity index (χ1n) is 7.02. The Labute approximate surface area is 141 Å². The van der Waals surface area contributed by atoms with Crippen molar-refractivity contribution in [1.82, 2.24) is 4.90 Å². The second kappa shape index (κ2) is 5.96. The fourth-order valence-corrected chi connectivity index (χ4v) is 2.72. The number of halogens is 1. The quantitative estimate of drug-likeness (QED) is 0.841. The van der Waals surface area contributed by atoms with Crippen LogP contribution in [-0.2, 0) is 4.79 Å². The smallest absolute Gasteiger partial charge is 0.262 e. The molecule has 1 atom stereocenters. The van der Waals surface area contributed by atoms with E-state index in [-0.39, 0.29) is 0 Å². The average molecular weight is 373 g/mol. The van der Waals surface area contributed by atoms with Crippen molar-refractivity contribution in [3.63, 3.8) is 0 Å². The third kappa shape index (κ3) is 2.77. The maximum absolute atomic E-state index is 12.4. The van der Waals surface area contributed by atoms with E-state index < -0.39 is 23.8 Å². The van der Waals surface area contributed by atoms with Gasteiger partial charge in [0.15, 0.2) is 0 Å². The third-order valence-electron chi connectivity index (χ3n) is 3.70. The highest BCUT2D eigenvalue weighted by Crippen LogP contribution is 2.25. The first kappa shape index (κ1) is 15.4. The summed E-state index contributed by atoms with van der Waals surface area (Å²) in [7, 11) is 0. The molecular formula is C17H13BrN2O3. The summed E-state index contributed by atoms with van der Waals surface area (Å²) in [5.41, 5.74) is 1.27. The third-order valence-corrected chi connectivity index (χ3v) is 4.23. The highest BCUT2D eigenvalue weighted by atomic mass is 79.9. The number of amides is 3. The zero-order valence-electron chi connectivity index (χ0n) is 12.2. The lowest BCUT2D eigenvalue weighted by molar-refractivity contribution is -0.119. The van der Waals surface area contributed by atoms with Crippen LogP contribution < -0.4 is 5.32 Å². The van der Waals surface area contributed by atoms with Crippen LogP contribution in [0.15, 0.2) is 53.0 Å². The molecule has 1 N–H and O–H groups in total. The molecule has 0 saturated heterocycles. The number of hydrogen-bond donors (Lipinski definition) is 1. The molecule has 23 heavy (non-hydrogen) atoms. The summed E-state index contributed by atoms with van der Waals surface area (Å²) < 4.78 is 0.892. The number of nitrogens with zero attached hydrogens (tertiary/aromatic N) is 1. The van der Waals surface area contributed by atoms with Gasteiger partial charge >= 0.3 is 0 Å². The molecule has 1 aliphatic rings. The molecule has 1 unspecified atom stereocenters. The lowest BCUT2D eigenvalue weighted by atomic mass is 10.1. The molecule has 0 spiro atoms. The van der Waals surface area contributed by atoms with Gasteiger partial charge in [0.2, 0.25) is 5.91 Å². The summed E-state index contributed by atoms with van der Waals surface area (Å²) in [6.45, 7) is 1.54. The van der Waals surface area contributed by atoms with E-state index in [2.05, 4.69) is 21.2 Å². The predicted octanol–water partition coefficient (Wildman–Crippen LogP) is 3.07. The standard InChI is InChI=1S/C17H13BrN2O3/c1-10(15(21)19-12-8-6-11(18)7-9-12)20-16(22)13-4-2-3-5-14(13)17(20)23/h2-10H,1H3,(H,19,21). The molecular weight excluding hydrogens is 360 g/mol. The van der Waals surface area contributed by atoms with E-state index in [1.165, 1.54) is 6.92 Å². The number of hydrogen-bond acceptors (Lipinski definition) is 3. The van der Waals surface area contributed by atoms with Crippen molar-refractivity contribution in [2.45, 2.75) is 13.0 Å². The Kier molecular flexibility index (Phi) is 4.00. The summed E-state index contributed by atoms with van der Waals surface area (Å²) in [4.78, 5) is 38.1. The SMILES string of the molecule is CC(C(=O)Nc1ccc(Br)cc1)N1C(=O)c2ccccc2C1=O. The fourth-order valence-electron chi connectivity index (χ4n) is 2.46. The number of imide groups is 1. The minimum atomic E-state index is -0.897. The number of carbonyl (C=O) groups excluding carboxylic acids is 3. The molecule has 0 bridgehead atoms. The van der Waals surface area contributed by atoms with Gasteiger partial charge in [-0.05, 0) is 43.3 Å². The molecule has 2 aromatic rings. The highest BCUT2D eigenvalue weighted by Gasteiger charge is 2.40. The summed E-state index contributed by atoms with van der Waals surface area (Å²) in [5, 5.41) is 2.71. The molecule has 0 fully saturated rings. The van der Waals surface area contributed by atoms with E-state index in [9.17, 15) is 14.4 Å². The molecule has 0 aromatic heterocycles. The van der Waals surface area contributed by atoms with E-state index >= 15 is 0 Å². The van der Waals surface area contributed by atoms with Gasteiger partial charge in [-0.3, -0.25) is 19.3 Å². The summed E-state index contributed by atoms with van der Waals surface area (Å²) >= 11 is 3.32. The van der Waals surface area contributed by atoms with Gasteiger partial charge in [0.1, 0.15) is 6.04 Å². The maximum atomic E-state index is 12.4. The van der Waals surface area contributed by atoms with Crippen LogP contribution >= 0.6 is 15.9 Å². The summed E-state index contributed by atoms with van der Waals surface area (Å²) in [5.74, 6) is -1.30. The largest absolute Gasteiger partial charge is 0.324 e. The Morgan fingerprint density at radius 3 is 2.04 bits per heavy atom. The van der Waals surface area contributed by atoms with Gasteiger partial charge in [-0.15, -0.1) is 0 Å². The topological polar surface area (TPSA) is 66.5 Å². The van der Waals surface area contributed by atoms with Gasteiger partial charge in [-0.25, -0.2) is 0 Å². The lowest BCUT2D eigenvalue weighted by Crippen LogP contribution is -2.45. The minimum absolute atomic E-state index is 0.334. The second-order valence-electron chi connectivity index (χ2n) is 5.20. The normalized spacial score (nSPS) is 14.6. The van der Waals surface area contributed by atoms with Crippen LogP contribution in [0.3, 0.4) is 0 Å². The first-order valence-corrected chi connectivity index (χ1v) is 7.81. The summed E-state index contributed by atoms with van der Waals surface area (Å²) in [6, 6.07) is 12.7. The van der Waals surface area contributed by atoms with Crippen LogP contribution in [0.2, 0.25) is 0 Å². The van der Waals surface area contributed by atoms with E-state index in [4.69, 9.17) is 0 Å². The average Bonchev–Trinajstić information content (AvgIpc) is 2.81. The van der Waals surface area contributed by atoms with Gasteiger partial charge in [-0.1, -0.05) is 28.1 Å². The molecule has 2 aromatic carbocycles. The molecule has 6 heteroatoms. The van der Waals surface area contributed by atoms with Crippen LogP contribution in [0.5, 0.6) is 0 Å². The van der Waals surface area contributed by atoms with E-state index in [0.717, 1.165) is 9.37 Å². The number of nitrogens with one attached hydrogen (secondary N) is 1. The number of carbonyl (C=O) groups is 3. The van der Waals surface area contributed by atoms with Crippen molar-refractivity contribution in [2.75, 3.05) is 5.32 Å². The van der Waals surface area contributed by atoms with Gasteiger partial charge in [-0.2, -0.15) is 0 Å². The Bertz CT molecular complexity index is 767. The van der Waals surface area contributed by atoms with E-state index in [1.54, 1.807) is 48.5 Å². The van der Waals surface area contributed by atoms with Crippen LogP contribution in [-0.4, -0.2) is 28.7 Å². The lowest BCUT2D eigenvalue weighted by Gasteiger charge is -2.21. The maximum Gasteiger partial charge on any atom is 0.262 e. The zero-order valence-corrected chi connectivity index (χ0v) is 13.8. The van der Waals surface area contributed by atoms with Crippen molar-refractivity contribution in [2.24, 2.45) is 0 Å². The summed E-state index contributed by atoms with van der Waals surface area (Å²) in [6.07, 6.45) is 0. The van der Waals surface area contributed by atoms with Gasteiger partial charge in [0, 0.05) is 10.2 Å². The van der Waals surface area contributed by atoms with Crippen LogP contribution in [0.4, 0.5) is 5.69 Å². The van der Waals surface area contributed by atoms with Crippen molar-refractivity contribution < 1.29 is 14.4 Å². The number of benzene rings is 2. The first-order chi connectivity index (χ1) is 11.0. The van der Waals surface area contributed by atoms with E-state index in [1.807, 2.05) is 0 Å². The Morgan fingerprint density at radius 2 is 1.52 bits per heavy atom. The molecule has 116 valence electrons. The van der Waals surface area contributed by atoms with E-state index in [0.29, 0.717) is 16.8 Å². The Morgan fingerprint density at radius 1 is 1.00 bits per heavy atom. The predicted molar refractivity (Wildman–Crippen MR) is 89.2 cm³/mol. The molecule has 5 nitrogen and oxygen atoms in total. The van der Waals surface area contributed by atoms with Crippen molar-refractivity contribution in [3.8, 4) is 0 Å². The van der Waals surface area contributed by atoms with Crippen molar-refractivity contribution in [3.05, 3.63) is 64.1 Å². The van der Waals surface area contributed by atoms with Crippen LogP contribution in [0.1, 0.15) is 27.6 Å². The van der Waals surface area contributed by atoms with Crippen molar-refractivity contribution in [1.29, 1.82) is 0 Å². The Balaban J connectivity index is 1.79. The minimum Gasteiger partial charge on any atom is -0.324 e. The number of anilines is 1. The monoisotopic (exact) mass is 372 g/mol. The van der Waals surface area contributed by atoms with Crippen LogP contribution in [0, 0.1) is 0 Å². The zero-order chi connectivity index (χ0) is 16.6. The van der Waals surface area contributed by atoms with Crippen LogP contribution in [0.25, 0.3) is 0 Å². The van der Waals surface area contributed by atoms with Gasteiger partial charge in [0.25, 0.3) is 11.8 Å². The second-order valence-corrected chi connectivity index (χ2v) is 6.11. The molecule has 0 saturated carbocycles. The molecule has 3 rings (SSSR count). The van der Waals surface area contributed by atoms with Crippen molar-refractivity contribution >= 4 is 39.3 Å². The molecule has 1 aliphatic heterocycles. The number of fused-ring (bicyclic) bond motifs is 1. The Hall–Kier alpha value is -2.47. The van der Waals surface area contributed by atoms with Gasteiger partial charge in [0.05, 0.1) is 11.1 Å². The highest BCUT2D eigenvalue weighted by molar-refractivity contribution is 9.10. The number of rotatable bonds is 3. The molecule has 0 aliphatic carbocycles.